The maximum atomic E-state index is 13.7. The van der Waals surface area contributed by atoms with Crippen LogP contribution >= 0.6 is 0 Å². The molecule has 1 aliphatic rings. The Bertz CT molecular complexity index is 747. The van der Waals surface area contributed by atoms with Gasteiger partial charge in [0.05, 0.1) is 11.4 Å². The van der Waals surface area contributed by atoms with Crippen molar-refractivity contribution in [3.63, 3.8) is 0 Å². The zero-order chi connectivity index (χ0) is 17.3. The molecule has 0 radical (unpaired) electrons. The number of anilines is 2. The molecule has 2 aromatic rings. The average Bonchev–Trinajstić information content (AvgIpc) is 2.91. The van der Waals surface area contributed by atoms with Crippen LogP contribution in [0, 0.1) is 5.82 Å². The van der Waals surface area contributed by atoms with E-state index >= 15 is 0 Å². The van der Waals surface area contributed by atoms with Gasteiger partial charge < -0.3 is 9.80 Å². The van der Waals surface area contributed by atoms with Crippen molar-refractivity contribution >= 4 is 17.3 Å². The molecule has 24 heavy (non-hydrogen) atoms. The van der Waals surface area contributed by atoms with Crippen molar-refractivity contribution in [2.45, 2.75) is 19.4 Å². The van der Waals surface area contributed by atoms with E-state index in [9.17, 15) is 18.0 Å². The van der Waals surface area contributed by atoms with Crippen molar-refractivity contribution in [2.75, 3.05) is 29.9 Å². The molecule has 2 heterocycles. The molecule has 0 spiro atoms. The number of hydrogen-bond donors (Lipinski definition) is 0. The number of carbonyl (C=O) groups is 1. The third-order valence-corrected chi connectivity index (χ3v) is 4.01. The summed E-state index contributed by atoms with van der Waals surface area (Å²) in [7, 11) is 1.87. The first-order valence-electron chi connectivity index (χ1n) is 7.60. The molecule has 5 nitrogen and oxygen atoms in total. The Kier molecular flexibility index (Phi) is 4.46. The summed E-state index contributed by atoms with van der Waals surface area (Å²) in [6.07, 6.45) is -0.621. The van der Waals surface area contributed by atoms with Gasteiger partial charge in [-0.3, -0.25) is 9.48 Å². The lowest BCUT2D eigenvalue weighted by molar-refractivity contribution is 0.0956. The van der Waals surface area contributed by atoms with Gasteiger partial charge in [-0.2, -0.15) is 5.10 Å². The average molecular weight is 338 g/mol. The van der Waals surface area contributed by atoms with Gasteiger partial charge in [0.2, 0.25) is 0 Å². The summed E-state index contributed by atoms with van der Waals surface area (Å²) in [4.78, 5) is 16.3. The van der Waals surface area contributed by atoms with Crippen LogP contribution in [0.15, 0.2) is 30.5 Å². The Morgan fingerprint density at radius 3 is 2.79 bits per heavy atom. The molecule has 0 saturated heterocycles. The summed E-state index contributed by atoms with van der Waals surface area (Å²) in [6, 6.07) is 5.65. The Morgan fingerprint density at radius 2 is 2.04 bits per heavy atom. The predicted molar refractivity (Wildman–Crippen MR) is 84.2 cm³/mol. The minimum Gasteiger partial charge on any atom is -0.373 e. The molecule has 1 aromatic heterocycles. The van der Waals surface area contributed by atoms with E-state index in [1.54, 1.807) is 6.07 Å². The summed E-state index contributed by atoms with van der Waals surface area (Å²) >= 11 is 0. The second kappa shape index (κ2) is 6.54. The lowest BCUT2D eigenvalue weighted by Gasteiger charge is -2.24. The van der Waals surface area contributed by atoms with E-state index in [0.29, 0.717) is 25.2 Å². The van der Waals surface area contributed by atoms with Crippen molar-refractivity contribution in [1.29, 1.82) is 0 Å². The first kappa shape index (κ1) is 16.4. The first-order chi connectivity index (χ1) is 11.5. The fourth-order valence-electron chi connectivity index (χ4n) is 2.88. The van der Waals surface area contributed by atoms with Crippen LogP contribution in [-0.4, -0.2) is 42.3 Å². The minimum atomic E-state index is -2.61. The number of fused-ring (bicyclic) bond motifs is 1. The summed E-state index contributed by atoms with van der Waals surface area (Å²) in [6.45, 7) is 0.427. The Balaban J connectivity index is 2.00. The van der Waals surface area contributed by atoms with Crippen LogP contribution in [0.3, 0.4) is 0 Å². The second-order valence-corrected chi connectivity index (χ2v) is 5.65. The molecule has 0 N–H and O–H groups in total. The largest absolute Gasteiger partial charge is 0.373 e. The summed E-state index contributed by atoms with van der Waals surface area (Å²) in [5.41, 5.74) is 1.22. The number of aromatic nitrogens is 2. The molecule has 1 aromatic carbocycles. The van der Waals surface area contributed by atoms with Crippen molar-refractivity contribution in [2.24, 2.45) is 0 Å². The number of nitrogens with zero attached hydrogens (tertiary/aromatic N) is 4. The molecule has 0 saturated carbocycles. The number of carbonyl (C=O) groups excluding carboxylic acids is 1. The number of halogens is 3. The molecular formula is C16H17F3N4O. The Hall–Kier alpha value is -2.51. The van der Waals surface area contributed by atoms with Crippen LogP contribution < -0.4 is 9.80 Å². The van der Waals surface area contributed by atoms with Crippen molar-refractivity contribution in [3.8, 4) is 0 Å². The Morgan fingerprint density at radius 1 is 1.25 bits per heavy atom. The van der Waals surface area contributed by atoms with Gasteiger partial charge in [0, 0.05) is 26.3 Å². The van der Waals surface area contributed by atoms with Gasteiger partial charge in [0.25, 0.3) is 12.3 Å². The summed E-state index contributed by atoms with van der Waals surface area (Å²) in [5.74, 6) is -0.918. The highest BCUT2D eigenvalue weighted by molar-refractivity contribution is 6.07. The van der Waals surface area contributed by atoms with E-state index in [1.165, 1.54) is 29.3 Å². The highest BCUT2D eigenvalue weighted by Gasteiger charge is 2.27. The van der Waals surface area contributed by atoms with Gasteiger partial charge in [0.15, 0.2) is 0 Å². The van der Waals surface area contributed by atoms with E-state index < -0.39 is 24.7 Å². The topological polar surface area (TPSA) is 41.4 Å². The molecule has 1 aliphatic heterocycles. The van der Waals surface area contributed by atoms with Crippen molar-refractivity contribution < 1.29 is 18.0 Å². The number of alkyl halides is 2. The smallest absolute Gasteiger partial charge is 0.276 e. The van der Waals surface area contributed by atoms with Crippen LogP contribution in [0.2, 0.25) is 0 Å². The van der Waals surface area contributed by atoms with Crippen LogP contribution in [0.4, 0.5) is 24.5 Å². The number of rotatable bonds is 3. The van der Waals surface area contributed by atoms with Crippen LogP contribution in [-0.2, 0) is 6.54 Å². The standard InChI is InChI=1S/C16H17F3N4O/c1-21-7-2-8-22(14-9-11(17)3-4-12(14)21)16(24)13-5-6-20-23(13)10-15(18)19/h3-6,9,15H,2,7-8,10H2,1H3. The van der Waals surface area contributed by atoms with Gasteiger partial charge in [-0.1, -0.05) is 0 Å². The second-order valence-electron chi connectivity index (χ2n) is 5.65. The fraction of sp³-hybridized carbons (Fsp3) is 0.375. The zero-order valence-electron chi connectivity index (χ0n) is 13.1. The number of benzene rings is 1. The molecule has 8 heteroatoms. The monoisotopic (exact) mass is 338 g/mol. The molecule has 0 aliphatic carbocycles. The van der Waals surface area contributed by atoms with E-state index in [2.05, 4.69) is 5.10 Å². The molecular weight excluding hydrogens is 321 g/mol. The molecule has 0 unspecified atom stereocenters. The molecule has 0 atom stereocenters. The number of amides is 1. The van der Waals surface area contributed by atoms with E-state index in [-0.39, 0.29) is 5.69 Å². The molecule has 128 valence electrons. The molecule has 0 bridgehead atoms. The van der Waals surface area contributed by atoms with E-state index in [1.807, 2.05) is 11.9 Å². The highest BCUT2D eigenvalue weighted by atomic mass is 19.3. The lowest BCUT2D eigenvalue weighted by Crippen LogP contribution is -2.33. The van der Waals surface area contributed by atoms with Crippen LogP contribution in [0.1, 0.15) is 16.9 Å². The Labute approximate surface area is 137 Å². The number of hydrogen-bond acceptors (Lipinski definition) is 3. The highest BCUT2D eigenvalue weighted by Crippen LogP contribution is 2.33. The van der Waals surface area contributed by atoms with Crippen molar-refractivity contribution in [3.05, 3.63) is 42.0 Å². The maximum Gasteiger partial charge on any atom is 0.276 e. The lowest BCUT2D eigenvalue weighted by atomic mass is 10.2. The third kappa shape index (κ3) is 3.08. The predicted octanol–water partition coefficient (Wildman–Crippen LogP) is 2.77. The van der Waals surface area contributed by atoms with Gasteiger partial charge >= 0.3 is 0 Å². The fourth-order valence-corrected chi connectivity index (χ4v) is 2.88. The van der Waals surface area contributed by atoms with Gasteiger partial charge in [-0.05, 0) is 30.7 Å². The van der Waals surface area contributed by atoms with Gasteiger partial charge in [-0.15, -0.1) is 0 Å². The van der Waals surface area contributed by atoms with Gasteiger partial charge in [0.1, 0.15) is 18.1 Å². The van der Waals surface area contributed by atoms with Crippen LogP contribution in [0.5, 0.6) is 0 Å². The molecule has 3 rings (SSSR count). The summed E-state index contributed by atoms with van der Waals surface area (Å²) < 4.78 is 40.0. The molecule has 1 amide bonds. The maximum absolute atomic E-state index is 13.7. The first-order valence-corrected chi connectivity index (χ1v) is 7.60. The third-order valence-electron chi connectivity index (χ3n) is 4.01. The molecule has 0 fully saturated rings. The van der Waals surface area contributed by atoms with E-state index in [0.717, 1.165) is 10.4 Å². The zero-order valence-corrected chi connectivity index (χ0v) is 13.1. The van der Waals surface area contributed by atoms with E-state index in [4.69, 9.17) is 0 Å². The minimum absolute atomic E-state index is 0.0649. The normalized spacial score (nSPS) is 14.7. The van der Waals surface area contributed by atoms with Crippen LogP contribution in [0.25, 0.3) is 0 Å². The van der Waals surface area contributed by atoms with Crippen molar-refractivity contribution in [1.82, 2.24) is 9.78 Å². The SMILES string of the molecule is CN1CCCN(C(=O)c2ccnn2CC(F)F)c2cc(F)ccc21. The quantitative estimate of drug-likeness (QED) is 0.864. The van der Waals surface area contributed by atoms with Gasteiger partial charge in [-0.25, -0.2) is 13.2 Å². The summed E-state index contributed by atoms with van der Waals surface area (Å²) in [5, 5.41) is 3.79.